The molecule has 2 aliphatic rings. The third-order valence-corrected chi connectivity index (χ3v) is 5.68. The molecule has 0 saturated heterocycles. The molecule has 2 fully saturated rings. The van der Waals surface area contributed by atoms with Gasteiger partial charge in [-0.1, -0.05) is 34.1 Å². The zero-order chi connectivity index (χ0) is 13.4. The zero-order valence-electron chi connectivity index (χ0n) is 12.9. The molecule has 2 aliphatic carbocycles. The number of nitrogens with one attached hydrogen (secondary N) is 1. The Bertz CT molecular complexity index is 278. The summed E-state index contributed by atoms with van der Waals surface area (Å²) in [5.41, 5.74) is 0.973. The van der Waals surface area contributed by atoms with Crippen molar-refractivity contribution in [3.05, 3.63) is 0 Å². The number of rotatable bonds is 6. The number of methoxy groups -OCH3 is 1. The maximum Gasteiger partial charge on any atom is 0.0615 e. The largest absolute Gasteiger partial charge is 0.383 e. The van der Waals surface area contributed by atoms with Crippen LogP contribution in [0.4, 0.5) is 0 Å². The summed E-state index contributed by atoms with van der Waals surface area (Å²) in [6.45, 7) is 10.5. The van der Waals surface area contributed by atoms with E-state index in [2.05, 4.69) is 33.0 Å². The summed E-state index contributed by atoms with van der Waals surface area (Å²) in [5, 5.41) is 3.96. The van der Waals surface area contributed by atoms with Crippen LogP contribution in [-0.2, 0) is 4.74 Å². The fourth-order valence-corrected chi connectivity index (χ4v) is 4.72. The van der Waals surface area contributed by atoms with Gasteiger partial charge in [0, 0.05) is 19.2 Å². The molecule has 0 aromatic heterocycles. The summed E-state index contributed by atoms with van der Waals surface area (Å²) in [6.07, 6.45) is 6.72. The average Bonchev–Trinajstić information content (AvgIpc) is 2.76. The highest BCUT2D eigenvalue weighted by atomic mass is 16.5. The van der Waals surface area contributed by atoms with Gasteiger partial charge in [-0.3, -0.25) is 0 Å². The van der Waals surface area contributed by atoms with Crippen molar-refractivity contribution in [2.75, 3.05) is 13.7 Å². The lowest BCUT2D eigenvalue weighted by Gasteiger charge is -2.45. The van der Waals surface area contributed by atoms with Crippen molar-refractivity contribution in [3.8, 4) is 0 Å². The van der Waals surface area contributed by atoms with Crippen molar-refractivity contribution < 1.29 is 4.74 Å². The topological polar surface area (TPSA) is 21.3 Å². The van der Waals surface area contributed by atoms with Gasteiger partial charge in [0.05, 0.1) is 6.61 Å². The zero-order valence-corrected chi connectivity index (χ0v) is 12.9. The van der Waals surface area contributed by atoms with Crippen LogP contribution in [0.25, 0.3) is 0 Å². The second-order valence-electron chi connectivity index (χ2n) is 7.46. The molecule has 2 nitrogen and oxygen atoms in total. The Balaban J connectivity index is 2.07. The van der Waals surface area contributed by atoms with E-state index in [-0.39, 0.29) is 0 Å². The lowest BCUT2D eigenvalue weighted by atomic mass is 9.68. The molecular weight excluding hydrogens is 222 g/mol. The van der Waals surface area contributed by atoms with Gasteiger partial charge in [0.2, 0.25) is 0 Å². The standard InChI is InChI=1S/C16H31NO/c1-6-7-13(11-18-5)17-14-15(2,3)12-8-9-16(14,4)10-12/h12-14,17H,6-11H2,1-5H3. The molecule has 4 atom stereocenters. The first kappa shape index (κ1) is 14.3. The maximum absolute atomic E-state index is 5.39. The number of hydrogen-bond acceptors (Lipinski definition) is 2. The first-order chi connectivity index (χ1) is 8.44. The summed E-state index contributed by atoms with van der Waals surface area (Å²) >= 11 is 0. The van der Waals surface area contributed by atoms with Gasteiger partial charge in [0.25, 0.3) is 0 Å². The van der Waals surface area contributed by atoms with Crippen molar-refractivity contribution in [1.29, 1.82) is 0 Å². The SMILES string of the molecule is CCCC(COC)NC1C2(C)CCC(C2)C1(C)C. The van der Waals surface area contributed by atoms with Gasteiger partial charge >= 0.3 is 0 Å². The first-order valence-electron chi connectivity index (χ1n) is 7.69. The molecule has 4 unspecified atom stereocenters. The van der Waals surface area contributed by atoms with Crippen LogP contribution < -0.4 is 5.32 Å². The molecule has 0 heterocycles. The summed E-state index contributed by atoms with van der Waals surface area (Å²) < 4.78 is 5.39. The Morgan fingerprint density at radius 3 is 2.56 bits per heavy atom. The van der Waals surface area contributed by atoms with Gasteiger partial charge in [0.15, 0.2) is 0 Å². The Morgan fingerprint density at radius 2 is 2.06 bits per heavy atom. The van der Waals surface area contributed by atoms with Crippen LogP contribution in [-0.4, -0.2) is 25.8 Å². The first-order valence-corrected chi connectivity index (χ1v) is 7.69. The van der Waals surface area contributed by atoms with Crippen molar-refractivity contribution in [3.63, 3.8) is 0 Å². The summed E-state index contributed by atoms with van der Waals surface area (Å²) in [6, 6.07) is 1.19. The molecule has 1 N–H and O–H groups in total. The Hall–Kier alpha value is -0.0800. The molecule has 106 valence electrons. The monoisotopic (exact) mass is 253 g/mol. The highest BCUT2D eigenvalue weighted by Gasteiger charge is 2.59. The van der Waals surface area contributed by atoms with E-state index in [1.807, 2.05) is 7.11 Å². The van der Waals surface area contributed by atoms with Gasteiger partial charge in [-0.25, -0.2) is 0 Å². The van der Waals surface area contributed by atoms with Crippen LogP contribution in [0.15, 0.2) is 0 Å². The van der Waals surface area contributed by atoms with Crippen molar-refractivity contribution >= 4 is 0 Å². The van der Waals surface area contributed by atoms with Crippen molar-refractivity contribution in [2.45, 2.75) is 71.9 Å². The minimum Gasteiger partial charge on any atom is -0.383 e. The molecule has 0 aromatic carbocycles. The van der Waals surface area contributed by atoms with Crippen LogP contribution in [0, 0.1) is 16.7 Å². The van der Waals surface area contributed by atoms with E-state index in [0.717, 1.165) is 12.5 Å². The molecule has 2 bridgehead atoms. The minimum atomic E-state index is 0.451. The summed E-state index contributed by atoms with van der Waals surface area (Å²) in [7, 11) is 1.82. The van der Waals surface area contributed by atoms with Gasteiger partial charge in [-0.2, -0.15) is 0 Å². The van der Waals surface area contributed by atoms with E-state index >= 15 is 0 Å². The Labute approximate surface area is 113 Å². The van der Waals surface area contributed by atoms with Gasteiger partial charge in [-0.05, 0) is 42.4 Å². The number of hydrogen-bond donors (Lipinski definition) is 1. The number of fused-ring (bicyclic) bond motifs is 2. The molecular formula is C16H31NO. The van der Waals surface area contributed by atoms with Gasteiger partial charge in [-0.15, -0.1) is 0 Å². The fraction of sp³-hybridized carbons (Fsp3) is 1.00. The predicted octanol–water partition coefficient (Wildman–Crippen LogP) is 3.61. The van der Waals surface area contributed by atoms with E-state index in [0.29, 0.717) is 22.9 Å². The summed E-state index contributed by atoms with van der Waals surface area (Å²) in [5.74, 6) is 0.921. The Morgan fingerprint density at radius 1 is 1.33 bits per heavy atom. The maximum atomic E-state index is 5.39. The second kappa shape index (κ2) is 5.13. The van der Waals surface area contributed by atoms with Gasteiger partial charge < -0.3 is 10.1 Å². The van der Waals surface area contributed by atoms with E-state index in [9.17, 15) is 0 Å². The molecule has 2 saturated carbocycles. The molecule has 18 heavy (non-hydrogen) atoms. The Kier molecular flexibility index (Phi) is 4.08. The van der Waals surface area contributed by atoms with Crippen LogP contribution in [0.5, 0.6) is 0 Å². The highest BCUT2D eigenvalue weighted by Crippen LogP contribution is 2.62. The smallest absolute Gasteiger partial charge is 0.0615 e. The third-order valence-electron chi connectivity index (χ3n) is 5.68. The molecule has 2 rings (SSSR count). The molecule has 0 amide bonds. The molecule has 0 aromatic rings. The average molecular weight is 253 g/mol. The lowest BCUT2D eigenvalue weighted by molar-refractivity contribution is 0.0756. The van der Waals surface area contributed by atoms with Crippen LogP contribution in [0.1, 0.15) is 59.8 Å². The van der Waals surface area contributed by atoms with Crippen molar-refractivity contribution in [1.82, 2.24) is 5.32 Å². The van der Waals surface area contributed by atoms with E-state index in [1.54, 1.807) is 0 Å². The fourth-order valence-electron chi connectivity index (χ4n) is 4.72. The predicted molar refractivity (Wildman–Crippen MR) is 76.7 cm³/mol. The van der Waals surface area contributed by atoms with Crippen LogP contribution in [0.2, 0.25) is 0 Å². The summed E-state index contributed by atoms with van der Waals surface area (Å²) in [4.78, 5) is 0. The molecule has 0 radical (unpaired) electrons. The third kappa shape index (κ3) is 2.34. The minimum absolute atomic E-state index is 0.451. The molecule has 0 spiro atoms. The van der Waals surface area contributed by atoms with Gasteiger partial charge in [0.1, 0.15) is 0 Å². The molecule has 2 heteroatoms. The molecule has 0 aliphatic heterocycles. The van der Waals surface area contributed by atoms with E-state index in [4.69, 9.17) is 4.74 Å². The van der Waals surface area contributed by atoms with Crippen molar-refractivity contribution in [2.24, 2.45) is 16.7 Å². The van der Waals surface area contributed by atoms with E-state index < -0.39 is 0 Å². The quantitative estimate of drug-likeness (QED) is 0.781. The lowest BCUT2D eigenvalue weighted by Crippen LogP contribution is -2.54. The van der Waals surface area contributed by atoms with Crippen LogP contribution in [0.3, 0.4) is 0 Å². The number of ether oxygens (including phenoxy) is 1. The second-order valence-corrected chi connectivity index (χ2v) is 7.46. The van der Waals surface area contributed by atoms with Crippen LogP contribution >= 0.6 is 0 Å². The highest BCUT2D eigenvalue weighted by molar-refractivity contribution is 5.12. The van der Waals surface area contributed by atoms with E-state index in [1.165, 1.54) is 32.1 Å². The normalized spacial score (nSPS) is 39.2.